The second kappa shape index (κ2) is 13.4. The Morgan fingerprint density at radius 3 is 2.51 bits per heavy atom. The number of para-hydroxylation sites is 1. The van der Waals surface area contributed by atoms with Crippen molar-refractivity contribution in [2.75, 3.05) is 45.7 Å². The van der Waals surface area contributed by atoms with Crippen molar-refractivity contribution in [3.8, 4) is 0 Å². The van der Waals surface area contributed by atoms with E-state index >= 15 is 0 Å². The highest BCUT2D eigenvalue weighted by molar-refractivity contribution is 6.10. The van der Waals surface area contributed by atoms with Crippen LogP contribution in [0.4, 0.5) is 14.5 Å². The van der Waals surface area contributed by atoms with Crippen molar-refractivity contribution in [2.45, 2.75) is 25.2 Å². The lowest BCUT2D eigenvalue weighted by Crippen LogP contribution is -2.40. The van der Waals surface area contributed by atoms with Gasteiger partial charge in [-0.3, -0.25) is 19.4 Å². The molecule has 1 aliphatic heterocycles. The highest BCUT2D eigenvalue weighted by Crippen LogP contribution is 2.27. The third kappa shape index (κ3) is 8.34. The minimum atomic E-state index is -2.90. The van der Waals surface area contributed by atoms with Crippen LogP contribution in [-0.4, -0.2) is 80.2 Å². The lowest BCUT2D eigenvalue weighted by molar-refractivity contribution is -0.130. The number of nitrogens with one attached hydrogen (secondary N) is 4. The molecule has 4 N–H and O–H groups in total. The number of aromatic nitrogens is 1. The quantitative estimate of drug-likeness (QED) is 0.305. The van der Waals surface area contributed by atoms with Crippen LogP contribution >= 0.6 is 0 Å². The molecule has 2 heterocycles. The van der Waals surface area contributed by atoms with Crippen molar-refractivity contribution in [1.29, 1.82) is 0 Å². The molecule has 0 atom stereocenters. The van der Waals surface area contributed by atoms with Gasteiger partial charge in [0, 0.05) is 44.1 Å². The number of benzene rings is 1. The monoisotopic (exact) mass is 492 g/mol. The lowest BCUT2D eigenvalue weighted by atomic mass is 10.1. The first-order valence-corrected chi connectivity index (χ1v) is 11.1. The summed E-state index contributed by atoms with van der Waals surface area (Å²) >= 11 is 0. The number of amides is 3. The van der Waals surface area contributed by atoms with Crippen LogP contribution in [0, 0.1) is 0 Å². The Bertz CT molecular complexity index is 1050. The molecule has 3 amide bonds. The molecule has 1 aromatic carbocycles. The first-order valence-electron chi connectivity index (χ1n) is 11.1. The van der Waals surface area contributed by atoms with Crippen molar-refractivity contribution in [2.24, 2.45) is 0 Å². The number of hydrogen-bond donors (Lipinski definition) is 4. The number of fused-ring (bicyclic) bond motifs is 1. The summed E-state index contributed by atoms with van der Waals surface area (Å²) in [4.78, 5) is 52.2. The topological polar surface area (TPSA) is 133 Å². The molecule has 0 aliphatic carbocycles. The fourth-order valence-electron chi connectivity index (χ4n) is 3.37. The van der Waals surface area contributed by atoms with E-state index < -0.39 is 30.8 Å². The van der Waals surface area contributed by atoms with Gasteiger partial charge in [0.05, 0.1) is 29.9 Å². The number of aldehydes is 1. The van der Waals surface area contributed by atoms with E-state index in [2.05, 4.69) is 26.3 Å². The number of rotatable bonds is 9. The molecular weight excluding hydrogens is 462 g/mol. The molecule has 0 spiro atoms. The number of halogens is 2. The number of carbonyl (C=O) groups is 4. The normalized spacial score (nSPS) is 14.1. The Morgan fingerprint density at radius 2 is 1.91 bits per heavy atom. The van der Waals surface area contributed by atoms with Crippen molar-refractivity contribution < 1.29 is 28.0 Å². The van der Waals surface area contributed by atoms with Crippen LogP contribution in [0.5, 0.6) is 0 Å². The minimum Gasteiger partial charge on any atom is -0.343 e. The van der Waals surface area contributed by atoms with Crippen molar-refractivity contribution in [3.05, 3.63) is 36.0 Å². The van der Waals surface area contributed by atoms with Crippen LogP contribution in [0.1, 0.15) is 29.6 Å². The van der Waals surface area contributed by atoms with E-state index in [0.717, 1.165) is 11.6 Å². The lowest BCUT2D eigenvalue weighted by Gasteiger charge is -2.16. The molecule has 2 aromatic rings. The molecule has 0 unspecified atom stereocenters. The predicted molar refractivity (Wildman–Crippen MR) is 127 cm³/mol. The average Bonchev–Trinajstić information content (AvgIpc) is 3.21. The van der Waals surface area contributed by atoms with Gasteiger partial charge in [-0.1, -0.05) is 12.1 Å². The van der Waals surface area contributed by atoms with Gasteiger partial charge in [-0.15, -0.1) is 0 Å². The SMILES string of the molecule is CNCNC.O=CCCC(=O)Nc1cccc2c(C(=O)NCC(=O)N3CCC(F)(F)C3)ccnc12. The molecule has 3 rings (SSSR count). The fraction of sp³-hybridized carbons (Fsp3) is 0.435. The highest BCUT2D eigenvalue weighted by Gasteiger charge is 2.40. The van der Waals surface area contributed by atoms with Crippen molar-refractivity contribution >= 4 is 40.6 Å². The molecule has 1 fully saturated rings. The smallest absolute Gasteiger partial charge is 0.267 e. The first kappa shape index (κ1) is 27.7. The molecule has 1 aliphatic rings. The molecular formula is C23H30F2N6O4. The number of alkyl halides is 2. The third-order valence-corrected chi connectivity index (χ3v) is 5.06. The van der Waals surface area contributed by atoms with E-state index in [1.165, 1.54) is 12.3 Å². The van der Waals surface area contributed by atoms with Gasteiger partial charge in [-0.25, -0.2) is 8.78 Å². The molecule has 12 heteroatoms. The van der Waals surface area contributed by atoms with E-state index in [1.54, 1.807) is 18.2 Å². The molecule has 0 radical (unpaired) electrons. The summed E-state index contributed by atoms with van der Waals surface area (Å²) in [5.74, 6) is -4.40. The van der Waals surface area contributed by atoms with Gasteiger partial charge in [0.25, 0.3) is 11.8 Å². The summed E-state index contributed by atoms with van der Waals surface area (Å²) in [6, 6.07) is 6.35. The van der Waals surface area contributed by atoms with Gasteiger partial charge in [0.15, 0.2) is 0 Å². The van der Waals surface area contributed by atoms with Crippen molar-refractivity contribution in [1.82, 2.24) is 25.8 Å². The molecule has 1 aromatic heterocycles. The maximum atomic E-state index is 13.3. The van der Waals surface area contributed by atoms with Gasteiger partial charge in [-0.05, 0) is 26.2 Å². The highest BCUT2D eigenvalue weighted by atomic mass is 19.3. The van der Waals surface area contributed by atoms with Crippen LogP contribution in [0.3, 0.4) is 0 Å². The van der Waals surface area contributed by atoms with Gasteiger partial charge in [0.2, 0.25) is 11.8 Å². The van der Waals surface area contributed by atoms with Gasteiger partial charge in [0.1, 0.15) is 6.29 Å². The first-order chi connectivity index (χ1) is 16.7. The molecule has 1 saturated heterocycles. The fourth-order valence-corrected chi connectivity index (χ4v) is 3.37. The zero-order valence-electron chi connectivity index (χ0n) is 19.7. The minimum absolute atomic E-state index is 0.0255. The zero-order chi connectivity index (χ0) is 25.8. The van der Waals surface area contributed by atoms with Crippen LogP contribution in [0.25, 0.3) is 10.9 Å². The van der Waals surface area contributed by atoms with Crippen molar-refractivity contribution in [3.63, 3.8) is 0 Å². The molecule has 10 nitrogen and oxygen atoms in total. The number of nitrogens with zero attached hydrogens (tertiary/aromatic N) is 2. The van der Waals surface area contributed by atoms with Gasteiger partial charge in [-0.2, -0.15) is 0 Å². The summed E-state index contributed by atoms with van der Waals surface area (Å²) in [7, 11) is 3.80. The zero-order valence-corrected chi connectivity index (χ0v) is 19.7. The predicted octanol–water partition coefficient (Wildman–Crippen LogP) is 1.13. The van der Waals surface area contributed by atoms with Crippen LogP contribution in [0.15, 0.2) is 30.5 Å². The van der Waals surface area contributed by atoms with Crippen LogP contribution in [-0.2, 0) is 14.4 Å². The van der Waals surface area contributed by atoms with E-state index in [4.69, 9.17) is 0 Å². The van der Waals surface area contributed by atoms with E-state index in [0.29, 0.717) is 22.9 Å². The van der Waals surface area contributed by atoms with E-state index in [9.17, 15) is 28.0 Å². The molecule has 0 bridgehead atoms. The maximum Gasteiger partial charge on any atom is 0.267 e. The Hall–Kier alpha value is -3.51. The Kier molecular flexibility index (Phi) is 10.6. The summed E-state index contributed by atoms with van der Waals surface area (Å²) in [6.45, 7) is -0.207. The van der Waals surface area contributed by atoms with Gasteiger partial charge >= 0.3 is 0 Å². The Labute approximate surface area is 201 Å². The molecule has 190 valence electrons. The summed E-state index contributed by atoms with van der Waals surface area (Å²) in [6.07, 6.45) is 1.77. The Morgan fingerprint density at radius 1 is 1.17 bits per heavy atom. The standard InChI is InChI=1S/C20H20F2N4O4.C3H10N2/c21-20(22)7-9-26(12-20)17(29)11-24-19(30)14-6-8-23-18-13(14)3-1-4-15(18)25-16(28)5-2-10-27;1-4-3-5-2/h1,3-4,6,8,10H,2,5,7,9,11-12H2,(H,24,30)(H,25,28);4-5H,3H2,1-2H3. The summed E-state index contributed by atoms with van der Waals surface area (Å²) < 4.78 is 26.5. The van der Waals surface area contributed by atoms with Crippen LogP contribution in [0.2, 0.25) is 0 Å². The third-order valence-electron chi connectivity index (χ3n) is 5.06. The average molecular weight is 493 g/mol. The van der Waals surface area contributed by atoms with Crippen LogP contribution < -0.4 is 21.3 Å². The second-order valence-electron chi connectivity index (χ2n) is 7.80. The number of pyridine rings is 1. The van der Waals surface area contributed by atoms with E-state index in [-0.39, 0.29) is 37.3 Å². The summed E-state index contributed by atoms with van der Waals surface area (Å²) in [5.41, 5.74) is 0.979. The van der Waals surface area contributed by atoms with E-state index in [1.807, 2.05) is 14.1 Å². The molecule has 0 saturated carbocycles. The van der Waals surface area contributed by atoms with Gasteiger partial charge < -0.3 is 31.0 Å². The number of carbonyl (C=O) groups excluding carboxylic acids is 4. The molecule has 35 heavy (non-hydrogen) atoms. The Balaban J connectivity index is 0.000000784. The number of likely N-dealkylation sites (tertiary alicyclic amines) is 1. The summed E-state index contributed by atoms with van der Waals surface area (Å²) in [5, 5.41) is 11.4. The largest absolute Gasteiger partial charge is 0.343 e. The second-order valence-corrected chi connectivity index (χ2v) is 7.80. The number of hydrogen-bond acceptors (Lipinski definition) is 7. The maximum absolute atomic E-state index is 13.3. The number of anilines is 1.